The van der Waals surface area contributed by atoms with Gasteiger partial charge in [0.05, 0.1) is 83.1 Å². The lowest BCUT2D eigenvalue weighted by atomic mass is 10.0. The van der Waals surface area contributed by atoms with Crippen LogP contribution in [-0.4, -0.2) is 148 Å². The average molecular weight is 1550 g/mol. The number of aromatic nitrogens is 17. The molecule has 3 fully saturated rings. The van der Waals surface area contributed by atoms with Crippen molar-refractivity contribution in [1.82, 2.24) is 83.1 Å². The summed E-state index contributed by atoms with van der Waals surface area (Å²) in [6, 6.07) is 36.9. The summed E-state index contributed by atoms with van der Waals surface area (Å²) in [6.45, 7) is 4.83. The molecule has 27 nitrogen and oxygen atoms in total. The van der Waals surface area contributed by atoms with Gasteiger partial charge in [0, 0.05) is 239 Å². The number of methoxy groups -OCH3 is 1. The first-order chi connectivity index (χ1) is 57.2. The number of aryl methyl sites for hydroxylation is 3. The summed E-state index contributed by atoms with van der Waals surface area (Å²) in [6.07, 6.45) is 50.3. The van der Waals surface area contributed by atoms with E-state index in [1.807, 2.05) is 138 Å². The van der Waals surface area contributed by atoms with Crippen LogP contribution in [0.4, 0.5) is 21.8 Å². The molecule has 18 rings (SSSR count). The number of pyridine rings is 6. The third-order valence-corrected chi connectivity index (χ3v) is 20.8. The molecule has 0 bridgehead atoms. The standard InChI is InChI=1S/C31H27N7O2.C30H24FN7O.C28H23N9O/c1-4-21-11-27(39-3)14-28(12-21)40-26-7-9-37(10-8-26)30-6-5-22(16-33-30)29-13-23(25-18-34-36(2)19-25)20-38-31(29)24(15-32)17-35-38;1-3-20-12-26(5-6-28(20)31)39-25-8-10-37(11-9-25)29-7-4-21(15-33-29)27-13-22(24-17-34-36(2)18-24)19-38-30(27)23(14-32)16-35-38;1-3-23-11-27(32-18-31-23)38-24-6-8-36(9-7-24)26-5-4-19(13-30-26)25-10-20(22-15-33-35(2)16-22)17-37-28(25)21(12-29)14-34-37/h1,5-6,11-14,16-20,26H,7-10H2,2-3H3;1,4-7,12-13,15-19,25H,8-11H2,2H3;1,4-5,10-11,13-18,24H,6-9H2,2H3. The zero-order valence-electron chi connectivity index (χ0n) is 64.2. The maximum atomic E-state index is 13.7. The average Bonchev–Trinajstić information content (AvgIpc) is 1.68. The molecule has 0 radical (unpaired) electrons. The zero-order valence-corrected chi connectivity index (χ0v) is 64.2. The van der Waals surface area contributed by atoms with Gasteiger partial charge in [-0.05, 0) is 90.8 Å². The number of benzene rings is 2. The Morgan fingerprint density at radius 3 is 1.15 bits per heavy atom. The van der Waals surface area contributed by atoms with Crippen molar-refractivity contribution in [3.63, 3.8) is 0 Å². The summed E-state index contributed by atoms with van der Waals surface area (Å²) in [5, 5.41) is 55.2. The summed E-state index contributed by atoms with van der Waals surface area (Å²) in [5.74, 6) is 12.3. The number of hydrogen-bond acceptors (Lipinski definition) is 21. The van der Waals surface area contributed by atoms with Crippen molar-refractivity contribution < 1.29 is 23.3 Å². The molecule has 13 aromatic heterocycles. The smallest absolute Gasteiger partial charge is 0.217 e. The van der Waals surface area contributed by atoms with Crippen LogP contribution in [0.1, 0.15) is 72.0 Å². The molecule has 28 heteroatoms. The fourth-order valence-corrected chi connectivity index (χ4v) is 14.8. The molecule has 2 aromatic carbocycles. The van der Waals surface area contributed by atoms with Crippen molar-refractivity contribution in [2.75, 3.05) is 61.1 Å². The van der Waals surface area contributed by atoms with Crippen molar-refractivity contribution >= 4 is 34.0 Å². The highest BCUT2D eigenvalue weighted by molar-refractivity contribution is 5.90. The van der Waals surface area contributed by atoms with Crippen LogP contribution in [0.2, 0.25) is 0 Å². The Hall–Kier alpha value is -15.7. The number of halogens is 1. The maximum Gasteiger partial charge on any atom is 0.217 e. The fraction of sp³-hybridized carbons (Fsp3) is 0.213. The van der Waals surface area contributed by atoms with E-state index < -0.39 is 5.82 Å². The highest BCUT2D eigenvalue weighted by Crippen LogP contribution is 2.38. The van der Waals surface area contributed by atoms with Gasteiger partial charge in [-0.3, -0.25) is 14.0 Å². The molecule has 0 saturated carbocycles. The van der Waals surface area contributed by atoms with Gasteiger partial charge in [0.2, 0.25) is 5.88 Å². The number of fused-ring (bicyclic) bond motifs is 3. The number of terminal acetylenes is 3. The molecule has 576 valence electrons. The van der Waals surface area contributed by atoms with Gasteiger partial charge in [-0.25, -0.2) is 42.9 Å². The molecule has 3 aliphatic rings. The van der Waals surface area contributed by atoms with E-state index >= 15 is 0 Å². The van der Waals surface area contributed by atoms with Gasteiger partial charge in [0.15, 0.2) is 0 Å². The predicted molar refractivity (Wildman–Crippen MR) is 439 cm³/mol. The molecule has 15 aromatic rings. The van der Waals surface area contributed by atoms with Gasteiger partial charge < -0.3 is 33.6 Å². The molecule has 0 unspecified atom stereocenters. The summed E-state index contributed by atoms with van der Waals surface area (Å²) < 4.78 is 47.9. The van der Waals surface area contributed by atoms with E-state index in [0.717, 1.165) is 190 Å². The monoisotopic (exact) mass is 1550 g/mol. The van der Waals surface area contributed by atoms with Crippen LogP contribution in [0.15, 0.2) is 196 Å². The zero-order chi connectivity index (χ0) is 80.6. The molecule has 0 atom stereocenters. The van der Waals surface area contributed by atoms with E-state index in [1.54, 1.807) is 77.7 Å². The van der Waals surface area contributed by atoms with Gasteiger partial charge in [-0.15, -0.1) is 19.3 Å². The minimum absolute atomic E-state index is 0.0198. The van der Waals surface area contributed by atoms with Crippen LogP contribution in [0.5, 0.6) is 23.1 Å². The van der Waals surface area contributed by atoms with Crippen molar-refractivity contribution in [1.29, 1.82) is 15.8 Å². The Kier molecular flexibility index (Phi) is 21.5. The Morgan fingerprint density at radius 1 is 0.376 bits per heavy atom. The summed E-state index contributed by atoms with van der Waals surface area (Å²) in [4.78, 5) is 29.3. The number of ether oxygens (including phenoxy) is 4. The van der Waals surface area contributed by atoms with Crippen LogP contribution in [0.25, 0.3) is 83.3 Å². The molecule has 0 amide bonds. The SMILES string of the molecule is C#Cc1cc(OC)cc(OC2CCN(c3ccc(-c4cc(-c5cnn(C)c5)cn5ncc(C#N)c45)cn3)CC2)c1.C#Cc1cc(OC2CCN(c3ccc(-c4cc(-c5cnn(C)c5)cn5ncc(C#N)c45)cn3)CC2)ccc1F.C#Cc1cc(OC2CCN(c3ccc(-c4cc(-c5cnn(C)c5)cn5ncc(C#N)c45)cn3)CC2)ncn1. The van der Waals surface area contributed by atoms with Crippen LogP contribution < -0.4 is 33.6 Å². The van der Waals surface area contributed by atoms with Crippen molar-refractivity contribution in [2.24, 2.45) is 21.1 Å². The Bertz CT molecular complexity index is 6450. The molecule has 16 heterocycles. The number of rotatable bonds is 16. The van der Waals surface area contributed by atoms with Crippen molar-refractivity contribution in [3.8, 4) is 145 Å². The van der Waals surface area contributed by atoms with E-state index in [-0.39, 0.29) is 23.9 Å². The van der Waals surface area contributed by atoms with Gasteiger partial charge in [-0.1, -0.05) is 11.8 Å². The highest BCUT2D eigenvalue weighted by Gasteiger charge is 2.28. The maximum absolute atomic E-state index is 13.7. The first-order valence-corrected chi connectivity index (χ1v) is 37.7. The van der Waals surface area contributed by atoms with Gasteiger partial charge in [0.1, 0.15) is 89.1 Å². The number of piperidine rings is 3. The second-order valence-corrected chi connectivity index (χ2v) is 28.4. The molecule has 0 N–H and O–H groups in total. The molecular formula is C89H74FN23O4. The first-order valence-electron chi connectivity index (χ1n) is 37.7. The third kappa shape index (κ3) is 16.4. The van der Waals surface area contributed by atoms with Gasteiger partial charge in [0.25, 0.3) is 0 Å². The Morgan fingerprint density at radius 2 is 0.786 bits per heavy atom. The lowest BCUT2D eigenvalue weighted by Crippen LogP contribution is -2.38. The number of nitriles is 3. The number of anilines is 3. The Balaban J connectivity index is 0.000000131. The first kappa shape index (κ1) is 75.4. The van der Waals surface area contributed by atoms with Gasteiger partial charge >= 0.3 is 0 Å². The molecule has 0 aliphatic carbocycles. The van der Waals surface area contributed by atoms with E-state index in [2.05, 4.69) is 115 Å². The van der Waals surface area contributed by atoms with Crippen LogP contribution >= 0.6 is 0 Å². The second kappa shape index (κ2) is 33.3. The Labute approximate surface area is 672 Å². The molecule has 0 spiro atoms. The molecule has 117 heavy (non-hydrogen) atoms. The summed E-state index contributed by atoms with van der Waals surface area (Å²) in [5.41, 5.74) is 16.4. The second-order valence-electron chi connectivity index (χ2n) is 28.4. The predicted octanol–water partition coefficient (Wildman–Crippen LogP) is 13.0. The lowest BCUT2D eigenvalue weighted by molar-refractivity contribution is 0.163. The molecule has 3 aliphatic heterocycles. The van der Waals surface area contributed by atoms with E-state index in [4.69, 9.17) is 53.2 Å². The number of nitrogens with zero attached hydrogens (tertiary/aromatic N) is 23. The summed E-state index contributed by atoms with van der Waals surface area (Å²) in [7, 11) is 7.26. The van der Waals surface area contributed by atoms with E-state index in [0.29, 0.717) is 39.8 Å². The topological polar surface area (TPSA) is 288 Å². The van der Waals surface area contributed by atoms with Crippen LogP contribution in [-0.2, 0) is 21.1 Å². The quantitative estimate of drug-likeness (QED) is 0.0812. The third-order valence-electron chi connectivity index (χ3n) is 20.8. The van der Waals surface area contributed by atoms with Crippen LogP contribution in [0, 0.1) is 76.8 Å². The van der Waals surface area contributed by atoms with Crippen LogP contribution in [0.3, 0.4) is 0 Å². The lowest BCUT2D eigenvalue weighted by Gasteiger charge is -2.33. The summed E-state index contributed by atoms with van der Waals surface area (Å²) >= 11 is 0. The highest BCUT2D eigenvalue weighted by atomic mass is 19.1. The fourth-order valence-electron chi connectivity index (χ4n) is 14.8. The van der Waals surface area contributed by atoms with E-state index in [1.165, 1.54) is 12.4 Å². The normalized spacial score (nSPS) is 13.8. The van der Waals surface area contributed by atoms with Crippen molar-refractivity contribution in [3.05, 3.63) is 236 Å². The minimum atomic E-state index is -0.421. The molecular weight excluding hydrogens is 1470 g/mol. The van der Waals surface area contributed by atoms with E-state index in [9.17, 15) is 20.2 Å². The minimum Gasteiger partial charge on any atom is -0.497 e. The van der Waals surface area contributed by atoms with Gasteiger partial charge in [-0.2, -0.15) is 46.4 Å². The molecule has 3 saturated heterocycles. The van der Waals surface area contributed by atoms with Crippen molar-refractivity contribution in [2.45, 2.75) is 56.8 Å². The number of hydrogen-bond donors (Lipinski definition) is 0. The largest absolute Gasteiger partial charge is 0.497 e.